The zero-order valence-electron chi connectivity index (χ0n) is 19.1. The lowest BCUT2D eigenvalue weighted by atomic mass is 9.93. The minimum atomic E-state index is 0.159. The molecule has 6 rings (SSSR count). The molecule has 0 bridgehead atoms. The average Bonchev–Trinajstić information content (AvgIpc) is 3.57. The van der Waals surface area contributed by atoms with Crippen molar-refractivity contribution < 1.29 is 4.79 Å². The lowest BCUT2D eigenvalue weighted by molar-refractivity contribution is 0.0709. The van der Waals surface area contributed by atoms with Crippen molar-refractivity contribution in [3.8, 4) is 11.3 Å². The van der Waals surface area contributed by atoms with Crippen LogP contribution in [0.1, 0.15) is 55.3 Å². The van der Waals surface area contributed by atoms with Gasteiger partial charge in [0.2, 0.25) is 0 Å². The van der Waals surface area contributed by atoms with Crippen molar-refractivity contribution in [1.82, 2.24) is 24.4 Å². The van der Waals surface area contributed by atoms with Crippen LogP contribution in [0.3, 0.4) is 0 Å². The Morgan fingerprint density at radius 1 is 0.939 bits per heavy atom. The van der Waals surface area contributed by atoms with Gasteiger partial charge in [-0.25, -0.2) is 9.50 Å². The van der Waals surface area contributed by atoms with Gasteiger partial charge >= 0.3 is 0 Å². The first-order valence-electron chi connectivity index (χ1n) is 12.5. The van der Waals surface area contributed by atoms with Crippen LogP contribution in [0.2, 0.25) is 0 Å². The Morgan fingerprint density at radius 3 is 2.52 bits per heavy atom. The van der Waals surface area contributed by atoms with Crippen LogP contribution in [0.25, 0.3) is 16.9 Å². The molecule has 2 aliphatic heterocycles. The minimum absolute atomic E-state index is 0.159. The molecule has 3 aliphatic rings. The Balaban J connectivity index is 1.19. The van der Waals surface area contributed by atoms with Gasteiger partial charge in [-0.3, -0.25) is 4.79 Å². The highest BCUT2D eigenvalue weighted by atomic mass is 16.2. The smallest absolute Gasteiger partial charge is 0.254 e. The van der Waals surface area contributed by atoms with Crippen LogP contribution >= 0.6 is 0 Å². The molecule has 0 radical (unpaired) electrons. The van der Waals surface area contributed by atoms with Gasteiger partial charge in [0.1, 0.15) is 5.82 Å². The third-order valence-corrected chi connectivity index (χ3v) is 7.55. The number of hydrogen-bond donors (Lipinski definition) is 1. The van der Waals surface area contributed by atoms with Gasteiger partial charge in [0.25, 0.3) is 5.91 Å². The van der Waals surface area contributed by atoms with E-state index in [-0.39, 0.29) is 5.91 Å². The first-order valence-corrected chi connectivity index (χ1v) is 12.5. The maximum Gasteiger partial charge on any atom is 0.254 e. The number of imidazole rings is 1. The van der Waals surface area contributed by atoms with E-state index in [4.69, 9.17) is 5.10 Å². The number of likely N-dealkylation sites (tertiary alicyclic amines) is 2. The van der Waals surface area contributed by atoms with Gasteiger partial charge in [-0.15, -0.1) is 5.10 Å². The summed E-state index contributed by atoms with van der Waals surface area (Å²) in [5.41, 5.74) is 3.55. The summed E-state index contributed by atoms with van der Waals surface area (Å²) in [7, 11) is 0. The van der Waals surface area contributed by atoms with Crippen molar-refractivity contribution in [3.05, 3.63) is 48.2 Å². The number of aromatic nitrogens is 3. The number of hydrogen-bond acceptors (Lipinski definition) is 5. The molecule has 1 N–H and O–H groups in total. The minimum Gasteiger partial charge on any atom is -0.366 e. The Hall–Kier alpha value is -2.93. The number of carbonyl (C=O) groups excluding carboxylic acids is 1. The molecule has 172 valence electrons. The zero-order valence-corrected chi connectivity index (χ0v) is 19.1. The number of carbonyl (C=O) groups is 1. The summed E-state index contributed by atoms with van der Waals surface area (Å²) in [6.45, 7) is 4.25. The normalized spacial score (nSPS) is 21.6. The van der Waals surface area contributed by atoms with Crippen LogP contribution in [0.15, 0.2) is 42.6 Å². The van der Waals surface area contributed by atoms with E-state index >= 15 is 0 Å². The molecule has 1 saturated carbocycles. The number of anilines is 1. The van der Waals surface area contributed by atoms with Crippen LogP contribution in [0.4, 0.5) is 5.82 Å². The summed E-state index contributed by atoms with van der Waals surface area (Å²) >= 11 is 0. The van der Waals surface area contributed by atoms with Gasteiger partial charge in [-0.1, -0.05) is 12.1 Å². The lowest BCUT2D eigenvalue weighted by Crippen LogP contribution is -2.42. The Labute approximate surface area is 194 Å². The van der Waals surface area contributed by atoms with Crippen molar-refractivity contribution in [3.63, 3.8) is 0 Å². The molecule has 7 nitrogen and oxygen atoms in total. The molecule has 3 fully saturated rings. The predicted molar refractivity (Wildman–Crippen MR) is 129 cm³/mol. The fourth-order valence-electron chi connectivity index (χ4n) is 5.41. The first kappa shape index (κ1) is 20.7. The fraction of sp³-hybridized carbons (Fsp3) is 0.500. The second-order valence-electron chi connectivity index (χ2n) is 9.78. The summed E-state index contributed by atoms with van der Waals surface area (Å²) in [5, 5.41) is 8.29. The van der Waals surface area contributed by atoms with Gasteiger partial charge in [-0.05, 0) is 82.3 Å². The molecule has 0 spiro atoms. The van der Waals surface area contributed by atoms with Crippen LogP contribution in [0, 0.1) is 0 Å². The molecule has 7 heteroatoms. The maximum absolute atomic E-state index is 13.3. The molecule has 1 amide bonds. The lowest BCUT2D eigenvalue weighted by Gasteiger charge is -2.28. The SMILES string of the molecule is O=C(c1ccc(-c2cnc3ccc(NC4CCC4)nn23)cc1)N1CCCC1CN1CCCC1. The topological polar surface area (TPSA) is 65.8 Å². The molecular formula is C26H32N6O. The largest absolute Gasteiger partial charge is 0.366 e. The molecule has 1 aromatic carbocycles. The quantitative estimate of drug-likeness (QED) is 0.621. The monoisotopic (exact) mass is 444 g/mol. The number of benzene rings is 1. The number of nitrogens with one attached hydrogen (secondary N) is 1. The highest BCUT2D eigenvalue weighted by Gasteiger charge is 2.31. The highest BCUT2D eigenvalue weighted by Crippen LogP contribution is 2.26. The number of amides is 1. The van der Waals surface area contributed by atoms with Crippen molar-refractivity contribution in [2.24, 2.45) is 0 Å². The second-order valence-corrected chi connectivity index (χ2v) is 9.78. The van der Waals surface area contributed by atoms with Crippen molar-refractivity contribution in [2.75, 3.05) is 31.5 Å². The summed E-state index contributed by atoms with van der Waals surface area (Å²) in [6, 6.07) is 12.8. The van der Waals surface area contributed by atoms with Crippen LogP contribution in [0.5, 0.6) is 0 Å². The molecule has 4 heterocycles. The van der Waals surface area contributed by atoms with E-state index in [9.17, 15) is 4.79 Å². The van der Waals surface area contributed by atoms with Gasteiger partial charge < -0.3 is 15.1 Å². The second kappa shape index (κ2) is 8.78. The fourth-order valence-corrected chi connectivity index (χ4v) is 5.41. The van der Waals surface area contributed by atoms with E-state index < -0.39 is 0 Å². The Kier molecular flexibility index (Phi) is 5.50. The molecule has 1 aliphatic carbocycles. The zero-order chi connectivity index (χ0) is 22.2. The van der Waals surface area contributed by atoms with Gasteiger partial charge in [-0.2, -0.15) is 0 Å². The van der Waals surface area contributed by atoms with E-state index in [2.05, 4.69) is 20.1 Å². The third-order valence-electron chi connectivity index (χ3n) is 7.55. The standard InChI is InChI=1S/C26H32N6O/c33-26(31-16-4-7-22(31)18-30-14-1-2-15-30)20-10-8-19(9-11-20)23-17-27-25-13-12-24(29-32(23)25)28-21-5-3-6-21/h8-13,17,21-22H,1-7,14-16,18H2,(H,28,29). The molecule has 33 heavy (non-hydrogen) atoms. The van der Waals surface area contributed by atoms with E-state index in [0.29, 0.717) is 12.1 Å². The molecule has 2 saturated heterocycles. The molecule has 2 aromatic heterocycles. The van der Waals surface area contributed by atoms with Gasteiger partial charge in [0.05, 0.1) is 11.9 Å². The van der Waals surface area contributed by atoms with Crippen LogP contribution < -0.4 is 5.32 Å². The number of nitrogens with zero attached hydrogens (tertiary/aromatic N) is 5. The average molecular weight is 445 g/mol. The van der Waals surface area contributed by atoms with E-state index in [0.717, 1.165) is 54.2 Å². The molecule has 1 atom stereocenters. The Bertz CT molecular complexity index is 1130. The van der Waals surface area contributed by atoms with Crippen molar-refractivity contribution >= 4 is 17.4 Å². The van der Waals surface area contributed by atoms with Gasteiger partial charge in [0.15, 0.2) is 5.65 Å². The Morgan fingerprint density at radius 2 is 1.76 bits per heavy atom. The van der Waals surface area contributed by atoms with Crippen molar-refractivity contribution in [1.29, 1.82) is 0 Å². The van der Waals surface area contributed by atoms with E-state index in [1.165, 1.54) is 45.2 Å². The van der Waals surface area contributed by atoms with Gasteiger partial charge in [0, 0.05) is 36.3 Å². The van der Waals surface area contributed by atoms with Crippen LogP contribution in [-0.2, 0) is 0 Å². The molecular weight excluding hydrogens is 412 g/mol. The highest BCUT2D eigenvalue weighted by molar-refractivity contribution is 5.95. The predicted octanol–water partition coefficient (Wildman–Crippen LogP) is 4.06. The summed E-state index contributed by atoms with van der Waals surface area (Å²) in [4.78, 5) is 22.4. The number of rotatable bonds is 6. The molecule has 3 aromatic rings. The maximum atomic E-state index is 13.3. The summed E-state index contributed by atoms with van der Waals surface area (Å²) in [5.74, 6) is 1.04. The summed E-state index contributed by atoms with van der Waals surface area (Å²) in [6.07, 6.45) is 10.4. The first-order chi connectivity index (χ1) is 16.2. The van der Waals surface area contributed by atoms with Crippen LogP contribution in [-0.4, -0.2) is 68.6 Å². The molecule has 1 unspecified atom stereocenters. The number of fused-ring (bicyclic) bond motifs is 1. The van der Waals surface area contributed by atoms with E-state index in [1.54, 1.807) is 0 Å². The van der Waals surface area contributed by atoms with Crippen molar-refractivity contribution in [2.45, 2.75) is 57.0 Å². The third kappa shape index (κ3) is 4.10. The summed E-state index contributed by atoms with van der Waals surface area (Å²) < 4.78 is 1.89. The van der Waals surface area contributed by atoms with E-state index in [1.807, 2.05) is 47.1 Å².